The van der Waals surface area contributed by atoms with E-state index in [0.717, 1.165) is 46.7 Å². The molecular weight excluding hydrogens is 484 g/mol. The molecule has 4 rings (SSSR count). The monoisotopic (exact) mass is 520 g/mol. The fourth-order valence-electron chi connectivity index (χ4n) is 3.95. The number of nitrogens with one attached hydrogen (secondary N) is 2. The molecule has 0 saturated heterocycles. The van der Waals surface area contributed by atoms with Crippen molar-refractivity contribution >= 4 is 23.1 Å². The maximum atomic E-state index is 11.9. The molecule has 0 atom stereocenters. The Morgan fingerprint density at radius 1 is 1.03 bits per heavy atom. The van der Waals surface area contributed by atoms with Gasteiger partial charge in [0.15, 0.2) is 0 Å². The Bertz CT molecular complexity index is 1290. The highest BCUT2D eigenvalue weighted by molar-refractivity contribution is 5.97. The number of nitrogens with zero attached hydrogens (tertiary/aromatic N) is 4. The standard InChI is InChI=1S/C27H32N6O4.CH4/c1-4-37-27(34)32-26-30-24-16-20(15-22(25(24)31-26)23-7-5-6-10-28-23)19-8-9-21(29-17-19)18-33(11-13-35-2)12-14-36-3;/h5-10,15-17H,4,11-14,18H2,1-3H3,(H2,30,31,32,34);1H4. The Hall–Kier alpha value is -3.86. The lowest BCUT2D eigenvalue weighted by Gasteiger charge is -2.21. The van der Waals surface area contributed by atoms with Gasteiger partial charge in [0.2, 0.25) is 5.95 Å². The van der Waals surface area contributed by atoms with Crippen molar-refractivity contribution in [2.24, 2.45) is 0 Å². The average molecular weight is 521 g/mol. The summed E-state index contributed by atoms with van der Waals surface area (Å²) in [5, 5.41) is 2.64. The number of imidazole rings is 1. The number of aromatic amines is 1. The minimum absolute atomic E-state index is 0. The summed E-state index contributed by atoms with van der Waals surface area (Å²) in [7, 11) is 3.40. The molecule has 2 N–H and O–H groups in total. The molecule has 4 aromatic rings. The largest absolute Gasteiger partial charge is 0.450 e. The highest BCUT2D eigenvalue weighted by atomic mass is 16.5. The molecule has 202 valence electrons. The number of carbonyl (C=O) groups is 1. The van der Waals surface area contributed by atoms with Gasteiger partial charge < -0.3 is 19.2 Å². The minimum atomic E-state index is -0.564. The molecule has 0 spiro atoms. The fourth-order valence-corrected chi connectivity index (χ4v) is 3.95. The Labute approximate surface area is 223 Å². The molecule has 38 heavy (non-hydrogen) atoms. The second-order valence-corrected chi connectivity index (χ2v) is 8.37. The Morgan fingerprint density at radius 2 is 1.82 bits per heavy atom. The van der Waals surface area contributed by atoms with Crippen LogP contribution in [0.4, 0.5) is 10.7 Å². The first kappa shape index (κ1) is 28.7. The van der Waals surface area contributed by atoms with Crippen molar-refractivity contribution in [1.29, 1.82) is 0 Å². The van der Waals surface area contributed by atoms with Crippen molar-refractivity contribution < 1.29 is 19.0 Å². The molecule has 0 aliphatic heterocycles. The number of carbonyl (C=O) groups excluding carboxylic acids is 1. The third-order valence-electron chi connectivity index (χ3n) is 5.79. The zero-order valence-electron chi connectivity index (χ0n) is 21.4. The molecule has 0 radical (unpaired) electrons. The lowest BCUT2D eigenvalue weighted by molar-refractivity contribution is 0.109. The number of pyridine rings is 2. The number of fused-ring (bicyclic) bond motifs is 1. The van der Waals surface area contributed by atoms with Crippen LogP contribution in [-0.4, -0.2) is 78.1 Å². The molecule has 0 saturated carbocycles. The topological polar surface area (TPSA) is 114 Å². The van der Waals surface area contributed by atoms with Gasteiger partial charge in [-0.3, -0.25) is 20.2 Å². The van der Waals surface area contributed by atoms with Crippen molar-refractivity contribution in [2.45, 2.75) is 20.9 Å². The predicted octanol–water partition coefficient (Wildman–Crippen LogP) is 4.99. The number of benzene rings is 1. The summed E-state index contributed by atoms with van der Waals surface area (Å²) in [5.41, 5.74) is 5.96. The van der Waals surface area contributed by atoms with Crippen LogP contribution in [0.1, 0.15) is 20.0 Å². The fraction of sp³-hybridized carbons (Fsp3) is 0.357. The number of hydrogen-bond donors (Lipinski definition) is 2. The highest BCUT2D eigenvalue weighted by Crippen LogP contribution is 2.33. The Morgan fingerprint density at radius 3 is 2.45 bits per heavy atom. The van der Waals surface area contributed by atoms with Gasteiger partial charge >= 0.3 is 6.09 Å². The van der Waals surface area contributed by atoms with Gasteiger partial charge in [-0.25, -0.2) is 9.78 Å². The number of H-pyrrole nitrogens is 1. The smallest absolute Gasteiger partial charge is 0.413 e. The summed E-state index contributed by atoms with van der Waals surface area (Å²) < 4.78 is 15.5. The van der Waals surface area contributed by atoms with Gasteiger partial charge in [0.1, 0.15) is 0 Å². The van der Waals surface area contributed by atoms with Crippen molar-refractivity contribution in [3.8, 4) is 22.4 Å². The zero-order chi connectivity index (χ0) is 26.0. The Kier molecular flexibility index (Phi) is 10.7. The van der Waals surface area contributed by atoms with Gasteiger partial charge in [-0.05, 0) is 42.8 Å². The summed E-state index contributed by atoms with van der Waals surface area (Å²) in [6.45, 7) is 5.62. The van der Waals surface area contributed by atoms with E-state index >= 15 is 0 Å². The van der Waals surface area contributed by atoms with E-state index < -0.39 is 6.09 Å². The van der Waals surface area contributed by atoms with Gasteiger partial charge in [0.25, 0.3) is 0 Å². The molecule has 1 amide bonds. The van der Waals surface area contributed by atoms with Gasteiger partial charge in [-0.2, -0.15) is 0 Å². The van der Waals surface area contributed by atoms with Crippen LogP contribution in [0.3, 0.4) is 0 Å². The number of rotatable bonds is 12. The Balaban J connectivity index is 0.00000400. The molecular formula is C28H36N6O4. The van der Waals surface area contributed by atoms with Crippen LogP contribution in [0.15, 0.2) is 54.9 Å². The van der Waals surface area contributed by atoms with E-state index in [1.165, 1.54) is 0 Å². The molecule has 10 nitrogen and oxygen atoms in total. The molecule has 0 fully saturated rings. The maximum absolute atomic E-state index is 11.9. The predicted molar refractivity (Wildman–Crippen MR) is 149 cm³/mol. The van der Waals surface area contributed by atoms with Crippen molar-refractivity contribution in [2.75, 3.05) is 52.4 Å². The van der Waals surface area contributed by atoms with E-state index in [9.17, 15) is 4.79 Å². The summed E-state index contributed by atoms with van der Waals surface area (Å²) in [5.74, 6) is 0.309. The van der Waals surface area contributed by atoms with Crippen LogP contribution in [-0.2, 0) is 20.8 Å². The van der Waals surface area contributed by atoms with Crippen LogP contribution in [0.2, 0.25) is 0 Å². The van der Waals surface area contributed by atoms with Gasteiger partial charge in [-0.1, -0.05) is 19.6 Å². The highest BCUT2D eigenvalue weighted by Gasteiger charge is 2.15. The van der Waals surface area contributed by atoms with E-state index in [2.05, 4.69) is 31.2 Å². The van der Waals surface area contributed by atoms with Gasteiger partial charge in [0, 0.05) is 57.4 Å². The second-order valence-electron chi connectivity index (χ2n) is 8.37. The molecule has 0 aliphatic rings. The first-order valence-electron chi connectivity index (χ1n) is 12.2. The first-order chi connectivity index (χ1) is 18.1. The van der Waals surface area contributed by atoms with Gasteiger partial charge in [0.05, 0.1) is 42.2 Å². The quantitative estimate of drug-likeness (QED) is 0.269. The number of aromatic nitrogens is 4. The lowest BCUT2D eigenvalue weighted by Crippen LogP contribution is -2.30. The SMILES string of the molecule is C.CCOC(=O)Nc1nc2c(-c3ccccn3)cc(-c3ccc(CN(CCOC)CCOC)nc3)cc2[nH]1. The lowest BCUT2D eigenvalue weighted by atomic mass is 10.0. The molecule has 0 bridgehead atoms. The summed E-state index contributed by atoms with van der Waals surface area (Å²) in [6.07, 6.45) is 3.05. The number of amides is 1. The zero-order valence-corrected chi connectivity index (χ0v) is 21.4. The molecule has 3 heterocycles. The van der Waals surface area contributed by atoms with Crippen LogP contribution < -0.4 is 5.32 Å². The molecule has 0 aliphatic carbocycles. The minimum Gasteiger partial charge on any atom is -0.450 e. The number of ether oxygens (including phenoxy) is 3. The van der Waals surface area contributed by atoms with E-state index in [1.807, 2.05) is 42.6 Å². The first-order valence-corrected chi connectivity index (χ1v) is 12.2. The summed E-state index contributed by atoms with van der Waals surface area (Å²) in [4.78, 5) is 31.2. The normalized spacial score (nSPS) is 10.9. The van der Waals surface area contributed by atoms with Crippen LogP contribution in [0.25, 0.3) is 33.4 Å². The van der Waals surface area contributed by atoms with E-state index in [-0.39, 0.29) is 14.0 Å². The molecule has 10 heteroatoms. The number of anilines is 1. The third-order valence-corrected chi connectivity index (χ3v) is 5.79. The molecule has 0 unspecified atom stereocenters. The van der Waals surface area contributed by atoms with E-state index in [0.29, 0.717) is 31.2 Å². The van der Waals surface area contributed by atoms with Crippen LogP contribution in [0, 0.1) is 0 Å². The van der Waals surface area contributed by atoms with Crippen molar-refractivity contribution in [3.05, 3.63) is 60.6 Å². The van der Waals surface area contributed by atoms with Gasteiger partial charge in [-0.15, -0.1) is 0 Å². The van der Waals surface area contributed by atoms with E-state index in [4.69, 9.17) is 19.2 Å². The molecule has 3 aromatic heterocycles. The number of hydrogen-bond acceptors (Lipinski definition) is 8. The van der Waals surface area contributed by atoms with E-state index in [1.54, 1.807) is 27.3 Å². The maximum Gasteiger partial charge on any atom is 0.413 e. The molecule has 1 aromatic carbocycles. The van der Waals surface area contributed by atoms with Crippen molar-refractivity contribution in [1.82, 2.24) is 24.8 Å². The number of methoxy groups -OCH3 is 2. The van der Waals surface area contributed by atoms with Crippen LogP contribution in [0.5, 0.6) is 0 Å². The third kappa shape index (κ3) is 7.34. The second kappa shape index (κ2) is 14.2. The summed E-state index contributed by atoms with van der Waals surface area (Å²) >= 11 is 0. The summed E-state index contributed by atoms with van der Waals surface area (Å²) in [6, 6.07) is 13.9. The van der Waals surface area contributed by atoms with Crippen molar-refractivity contribution in [3.63, 3.8) is 0 Å². The van der Waals surface area contributed by atoms with Crippen LogP contribution >= 0.6 is 0 Å². The average Bonchev–Trinajstić information content (AvgIpc) is 3.32.